The molecule has 1 heterocycles. The fraction of sp³-hybridized carbons (Fsp3) is 0.143. The van der Waals surface area contributed by atoms with E-state index in [9.17, 15) is 26.9 Å². The first kappa shape index (κ1) is 18.1. The lowest BCUT2D eigenvalue weighted by Gasteiger charge is -2.06. The Balaban J connectivity index is 2.27. The summed E-state index contributed by atoms with van der Waals surface area (Å²) in [7, 11) is -5.80. The van der Waals surface area contributed by atoms with Crippen molar-refractivity contribution in [2.24, 2.45) is 5.16 Å². The molecule has 0 bridgehead atoms. The van der Waals surface area contributed by atoms with Crippen molar-refractivity contribution >= 4 is 32.5 Å². The number of nitriles is 1. The molecule has 0 amide bonds. The highest BCUT2D eigenvalue weighted by Crippen LogP contribution is 2.35. The molecule has 1 aliphatic rings. The van der Waals surface area contributed by atoms with E-state index in [1.165, 1.54) is 12.2 Å². The smallest absolute Gasteiger partial charge is 0.261 e. The molecular weight excluding hydrogens is 365 g/mol. The first-order valence-corrected chi connectivity index (χ1v) is 8.52. The predicted molar refractivity (Wildman–Crippen MR) is 83.9 cm³/mol. The lowest BCUT2D eigenvalue weighted by atomic mass is 10.0. The minimum absolute atomic E-state index is 0.112. The SMILES string of the molecule is Cc1ccccc1C(C#N)=C1C=CC(=NOS(=O)(=O)C(F)(F)F)S1. The van der Waals surface area contributed by atoms with Gasteiger partial charge in [0.2, 0.25) is 0 Å². The Hall–Kier alpha value is -2.25. The molecule has 0 aromatic heterocycles. The fourth-order valence-electron chi connectivity index (χ4n) is 1.74. The van der Waals surface area contributed by atoms with Gasteiger partial charge in [0.15, 0.2) is 0 Å². The number of nitrogens with zero attached hydrogens (tertiary/aromatic N) is 2. The third kappa shape index (κ3) is 3.80. The van der Waals surface area contributed by atoms with Crippen LogP contribution in [0.5, 0.6) is 0 Å². The van der Waals surface area contributed by atoms with E-state index in [0.717, 1.165) is 17.3 Å². The molecule has 0 aliphatic carbocycles. The number of thioether (sulfide) groups is 1. The van der Waals surface area contributed by atoms with Gasteiger partial charge in [-0.15, -0.1) is 0 Å². The summed E-state index contributed by atoms with van der Waals surface area (Å²) in [4.78, 5) is 0.429. The average Bonchev–Trinajstić information content (AvgIpc) is 2.96. The van der Waals surface area contributed by atoms with Gasteiger partial charge >= 0.3 is 15.6 Å². The molecule has 0 saturated heterocycles. The Morgan fingerprint density at radius 1 is 1.29 bits per heavy atom. The minimum Gasteiger partial charge on any atom is -0.261 e. The monoisotopic (exact) mass is 374 g/mol. The van der Waals surface area contributed by atoms with E-state index in [1.54, 1.807) is 18.2 Å². The van der Waals surface area contributed by atoms with Crippen LogP contribution in [0, 0.1) is 18.3 Å². The van der Waals surface area contributed by atoms with E-state index in [1.807, 2.05) is 19.1 Å². The molecule has 0 fully saturated rings. The maximum absolute atomic E-state index is 12.2. The Labute approximate surface area is 140 Å². The van der Waals surface area contributed by atoms with Gasteiger partial charge in [-0.25, -0.2) is 0 Å². The highest BCUT2D eigenvalue weighted by Gasteiger charge is 2.49. The van der Waals surface area contributed by atoms with Gasteiger partial charge in [0.25, 0.3) is 0 Å². The number of allylic oxidation sites excluding steroid dienone is 2. The zero-order valence-electron chi connectivity index (χ0n) is 12.0. The second-order valence-corrected chi connectivity index (χ2v) is 7.09. The molecule has 10 heteroatoms. The normalized spacial score (nSPS) is 18.5. The van der Waals surface area contributed by atoms with Crippen LogP contribution in [0.15, 0.2) is 46.5 Å². The van der Waals surface area contributed by atoms with Crippen molar-refractivity contribution in [2.75, 3.05) is 0 Å². The van der Waals surface area contributed by atoms with E-state index in [4.69, 9.17) is 0 Å². The maximum Gasteiger partial charge on any atom is 0.536 e. The molecule has 1 aliphatic heterocycles. The Morgan fingerprint density at radius 2 is 1.96 bits per heavy atom. The van der Waals surface area contributed by atoms with E-state index in [-0.39, 0.29) is 5.04 Å². The van der Waals surface area contributed by atoms with Crippen molar-refractivity contribution in [1.29, 1.82) is 5.26 Å². The molecule has 0 atom stereocenters. The zero-order chi connectivity index (χ0) is 18.0. The highest BCUT2D eigenvalue weighted by molar-refractivity contribution is 8.18. The van der Waals surface area contributed by atoms with Gasteiger partial charge in [-0.3, -0.25) is 4.28 Å². The second kappa shape index (κ2) is 6.70. The molecule has 0 saturated carbocycles. The predicted octanol–water partition coefficient (Wildman–Crippen LogP) is 3.71. The number of rotatable bonds is 3. The van der Waals surface area contributed by atoms with E-state index < -0.39 is 15.6 Å². The summed E-state index contributed by atoms with van der Waals surface area (Å²) in [6.45, 7) is 1.81. The molecule has 0 radical (unpaired) electrons. The van der Waals surface area contributed by atoms with Crippen LogP contribution in [0.1, 0.15) is 11.1 Å². The van der Waals surface area contributed by atoms with Crippen LogP contribution >= 0.6 is 11.8 Å². The molecule has 0 unspecified atom stereocenters. The third-order valence-corrected chi connectivity index (χ3v) is 4.69. The maximum atomic E-state index is 12.2. The summed E-state index contributed by atoms with van der Waals surface area (Å²) in [5.41, 5.74) is -3.74. The molecule has 1 aromatic rings. The molecule has 1 aromatic carbocycles. The number of benzene rings is 1. The van der Waals surface area contributed by atoms with Crippen molar-refractivity contribution in [3.63, 3.8) is 0 Å². The fourth-order valence-corrected chi connectivity index (χ4v) is 2.88. The van der Waals surface area contributed by atoms with Gasteiger partial charge in [0.05, 0.1) is 5.57 Å². The van der Waals surface area contributed by atoms with Gasteiger partial charge in [-0.05, 0) is 30.2 Å². The Bertz CT molecular complexity index is 895. The molecule has 5 nitrogen and oxygen atoms in total. The standard InChI is InChI=1S/C14H9F3N2O3S2/c1-9-4-2-3-5-10(9)11(8-18)12-6-7-13(23-12)19-22-24(20,21)14(15,16)17/h2-7H,1H3. The van der Waals surface area contributed by atoms with Gasteiger partial charge < -0.3 is 0 Å². The summed E-state index contributed by atoms with van der Waals surface area (Å²) in [6.07, 6.45) is 2.72. The zero-order valence-corrected chi connectivity index (χ0v) is 13.7. The van der Waals surface area contributed by atoms with Crippen LogP contribution in [-0.4, -0.2) is 19.0 Å². The highest BCUT2D eigenvalue weighted by atomic mass is 32.2. The van der Waals surface area contributed by atoms with Crippen LogP contribution in [0.25, 0.3) is 5.57 Å². The van der Waals surface area contributed by atoms with E-state index in [0.29, 0.717) is 16.0 Å². The summed E-state index contributed by atoms with van der Waals surface area (Å²) >= 11 is 0.837. The average molecular weight is 374 g/mol. The van der Waals surface area contributed by atoms with Crippen molar-refractivity contribution in [3.05, 3.63) is 52.4 Å². The van der Waals surface area contributed by atoms with Crippen LogP contribution in [-0.2, 0) is 14.4 Å². The van der Waals surface area contributed by atoms with Gasteiger partial charge in [-0.1, -0.05) is 41.2 Å². The first-order valence-electron chi connectivity index (χ1n) is 6.30. The van der Waals surface area contributed by atoms with Crippen molar-refractivity contribution in [2.45, 2.75) is 12.4 Å². The van der Waals surface area contributed by atoms with Crippen LogP contribution in [0.2, 0.25) is 0 Å². The molecule has 126 valence electrons. The van der Waals surface area contributed by atoms with Crippen molar-refractivity contribution < 1.29 is 25.9 Å². The van der Waals surface area contributed by atoms with Gasteiger partial charge in [-0.2, -0.15) is 26.9 Å². The minimum atomic E-state index is -5.80. The van der Waals surface area contributed by atoms with E-state index in [2.05, 4.69) is 9.44 Å². The van der Waals surface area contributed by atoms with Crippen LogP contribution < -0.4 is 0 Å². The summed E-state index contributed by atoms with van der Waals surface area (Å²) in [5, 5.41) is 12.2. The van der Waals surface area contributed by atoms with Gasteiger partial charge in [0, 0.05) is 4.91 Å². The second-order valence-electron chi connectivity index (χ2n) is 4.51. The molecular formula is C14H9F3N2O3S2. The summed E-state index contributed by atoms with van der Waals surface area (Å²) in [6, 6.07) is 9.13. The molecule has 0 N–H and O–H groups in total. The first-order chi connectivity index (χ1) is 11.2. The summed E-state index contributed by atoms with van der Waals surface area (Å²) < 4.78 is 61.7. The molecule has 2 rings (SSSR count). The summed E-state index contributed by atoms with van der Waals surface area (Å²) in [5.74, 6) is 0. The molecule has 24 heavy (non-hydrogen) atoms. The van der Waals surface area contributed by atoms with Crippen LogP contribution in [0.3, 0.4) is 0 Å². The van der Waals surface area contributed by atoms with Crippen molar-refractivity contribution in [1.82, 2.24) is 0 Å². The largest absolute Gasteiger partial charge is 0.536 e. The van der Waals surface area contributed by atoms with Gasteiger partial charge in [0.1, 0.15) is 11.1 Å². The topological polar surface area (TPSA) is 79.5 Å². The van der Waals surface area contributed by atoms with Crippen LogP contribution in [0.4, 0.5) is 13.2 Å². The Kier molecular flexibility index (Phi) is 5.05. The third-order valence-electron chi connectivity index (χ3n) is 2.87. The number of oxime groups is 1. The lowest BCUT2D eigenvalue weighted by molar-refractivity contribution is -0.0540. The lowest BCUT2D eigenvalue weighted by Crippen LogP contribution is -2.24. The number of alkyl halides is 3. The quantitative estimate of drug-likeness (QED) is 0.458. The number of hydrogen-bond acceptors (Lipinski definition) is 6. The Morgan fingerprint density at radius 3 is 2.54 bits per heavy atom. The number of hydrogen-bond donors (Lipinski definition) is 0. The van der Waals surface area contributed by atoms with Crippen molar-refractivity contribution in [3.8, 4) is 6.07 Å². The molecule has 0 spiro atoms. The number of aryl methyl sites for hydroxylation is 1. The van der Waals surface area contributed by atoms with E-state index >= 15 is 0 Å². The number of halogens is 3.